The first-order valence-corrected chi connectivity index (χ1v) is 8.88. The number of sulfonamides is 1. The smallest absolute Gasteiger partial charge is 0.251 e. The van der Waals surface area contributed by atoms with Gasteiger partial charge in [-0.15, -0.1) is 0 Å². The third-order valence-electron chi connectivity index (χ3n) is 4.15. The topological polar surface area (TPSA) is 92.5 Å². The molecular weight excluding hydrogens is 302 g/mol. The summed E-state index contributed by atoms with van der Waals surface area (Å²) in [6.45, 7) is 2.92. The summed E-state index contributed by atoms with van der Waals surface area (Å²) in [6, 6.07) is 5.84. The summed E-state index contributed by atoms with van der Waals surface area (Å²) in [5, 5.41) is 2.51. The van der Waals surface area contributed by atoms with Crippen LogP contribution in [0.2, 0.25) is 0 Å². The van der Waals surface area contributed by atoms with Crippen LogP contribution in [0, 0.1) is 5.92 Å². The third kappa shape index (κ3) is 3.31. The van der Waals surface area contributed by atoms with Crippen LogP contribution in [0.3, 0.4) is 0 Å². The van der Waals surface area contributed by atoms with Gasteiger partial charge in [-0.1, -0.05) is 6.92 Å². The number of nitrogens with zero attached hydrogens (tertiary/aromatic N) is 1. The first kappa shape index (κ1) is 16.9. The molecule has 2 unspecified atom stereocenters. The Hall–Kier alpha value is -1.44. The van der Waals surface area contributed by atoms with Gasteiger partial charge in [0.2, 0.25) is 10.0 Å². The van der Waals surface area contributed by atoms with Gasteiger partial charge in [-0.2, -0.15) is 4.31 Å². The molecule has 1 fully saturated rings. The standard InChI is InChI=1S/C15H23N3O3S/c1-11-7-8-18(13(9-11)10-16)22(20,21)14-5-3-12(4-6-14)15(19)17-2/h3-6,11,13H,7-10,16H2,1-2H3,(H,17,19). The van der Waals surface area contributed by atoms with Crippen LogP contribution in [0.1, 0.15) is 30.1 Å². The first-order chi connectivity index (χ1) is 10.4. The first-order valence-electron chi connectivity index (χ1n) is 7.44. The van der Waals surface area contributed by atoms with E-state index >= 15 is 0 Å². The van der Waals surface area contributed by atoms with E-state index in [-0.39, 0.29) is 16.8 Å². The Bertz CT molecular complexity index is 628. The minimum Gasteiger partial charge on any atom is -0.355 e. The van der Waals surface area contributed by atoms with Crippen LogP contribution in [0.15, 0.2) is 29.2 Å². The fourth-order valence-corrected chi connectivity index (χ4v) is 4.48. The molecule has 3 N–H and O–H groups in total. The predicted molar refractivity (Wildman–Crippen MR) is 85.0 cm³/mol. The average molecular weight is 325 g/mol. The number of nitrogens with two attached hydrogens (primary N) is 1. The van der Waals surface area contributed by atoms with Gasteiger partial charge in [-0.25, -0.2) is 8.42 Å². The van der Waals surface area contributed by atoms with E-state index in [0.717, 1.165) is 12.8 Å². The number of piperidine rings is 1. The Kier molecular flexibility index (Phi) is 5.20. The Balaban J connectivity index is 2.27. The molecule has 0 bridgehead atoms. The van der Waals surface area contributed by atoms with Crippen LogP contribution in [0.5, 0.6) is 0 Å². The monoisotopic (exact) mass is 325 g/mol. The van der Waals surface area contributed by atoms with Crippen LogP contribution in [0.25, 0.3) is 0 Å². The van der Waals surface area contributed by atoms with Gasteiger partial charge in [0.05, 0.1) is 4.90 Å². The lowest BCUT2D eigenvalue weighted by Gasteiger charge is -2.36. The molecule has 2 atom stereocenters. The Labute approximate surface area is 131 Å². The molecule has 1 amide bonds. The molecule has 0 aliphatic carbocycles. The van der Waals surface area contributed by atoms with E-state index in [2.05, 4.69) is 12.2 Å². The van der Waals surface area contributed by atoms with Crippen molar-refractivity contribution in [3.8, 4) is 0 Å². The van der Waals surface area contributed by atoms with Crippen molar-refractivity contribution in [1.29, 1.82) is 0 Å². The maximum atomic E-state index is 12.8. The van der Waals surface area contributed by atoms with Crippen LogP contribution >= 0.6 is 0 Å². The lowest BCUT2D eigenvalue weighted by Crippen LogP contribution is -2.49. The van der Waals surface area contributed by atoms with E-state index < -0.39 is 10.0 Å². The SMILES string of the molecule is CNC(=O)c1ccc(S(=O)(=O)N2CCC(C)CC2CN)cc1. The van der Waals surface area contributed by atoms with Gasteiger partial charge < -0.3 is 11.1 Å². The van der Waals surface area contributed by atoms with Crippen molar-refractivity contribution in [2.45, 2.75) is 30.7 Å². The minimum absolute atomic E-state index is 0.160. The highest BCUT2D eigenvalue weighted by Gasteiger charge is 2.34. The molecule has 6 nitrogen and oxygen atoms in total. The molecule has 7 heteroatoms. The third-order valence-corrected chi connectivity index (χ3v) is 6.11. The lowest BCUT2D eigenvalue weighted by atomic mass is 9.94. The molecular formula is C15H23N3O3S. The number of hydrogen-bond acceptors (Lipinski definition) is 4. The van der Waals surface area contributed by atoms with E-state index in [4.69, 9.17) is 5.73 Å². The molecule has 2 rings (SSSR count). The zero-order valence-corrected chi connectivity index (χ0v) is 13.8. The number of rotatable bonds is 4. The van der Waals surface area contributed by atoms with Crippen LogP contribution in [0.4, 0.5) is 0 Å². The average Bonchev–Trinajstić information content (AvgIpc) is 2.53. The molecule has 1 aliphatic heterocycles. The summed E-state index contributed by atoms with van der Waals surface area (Å²) in [4.78, 5) is 11.7. The second-order valence-corrected chi connectivity index (χ2v) is 7.63. The molecule has 1 saturated heterocycles. The number of nitrogens with one attached hydrogen (secondary N) is 1. The molecule has 22 heavy (non-hydrogen) atoms. The molecule has 1 heterocycles. The highest BCUT2D eigenvalue weighted by Crippen LogP contribution is 2.28. The van der Waals surface area contributed by atoms with E-state index in [1.165, 1.54) is 35.6 Å². The van der Waals surface area contributed by atoms with Crippen molar-refractivity contribution >= 4 is 15.9 Å². The van der Waals surface area contributed by atoms with E-state index in [9.17, 15) is 13.2 Å². The van der Waals surface area contributed by atoms with E-state index in [0.29, 0.717) is 24.6 Å². The van der Waals surface area contributed by atoms with Gasteiger partial charge in [0.25, 0.3) is 5.91 Å². The molecule has 0 aromatic heterocycles. The summed E-state index contributed by atoms with van der Waals surface area (Å²) in [5.74, 6) is 0.242. The zero-order chi connectivity index (χ0) is 16.3. The fourth-order valence-electron chi connectivity index (χ4n) is 2.82. The van der Waals surface area contributed by atoms with Crippen molar-refractivity contribution in [2.24, 2.45) is 11.7 Å². The molecule has 1 aromatic carbocycles. The Morgan fingerprint density at radius 1 is 1.36 bits per heavy atom. The van der Waals surface area contributed by atoms with Gasteiger partial charge in [0.15, 0.2) is 0 Å². The number of carbonyl (C=O) groups is 1. The summed E-state index contributed by atoms with van der Waals surface area (Å²) < 4.78 is 27.1. The minimum atomic E-state index is -3.57. The maximum absolute atomic E-state index is 12.8. The van der Waals surface area contributed by atoms with Gasteiger partial charge >= 0.3 is 0 Å². The van der Waals surface area contributed by atoms with Gasteiger partial charge in [-0.3, -0.25) is 4.79 Å². The predicted octanol–water partition coefficient (Wildman–Crippen LogP) is 0.794. The largest absolute Gasteiger partial charge is 0.355 e. The van der Waals surface area contributed by atoms with Gasteiger partial charge in [0, 0.05) is 31.7 Å². The van der Waals surface area contributed by atoms with Crippen molar-refractivity contribution in [1.82, 2.24) is 9.62 Å². The normalized spacial score (nSPS) is 23.2. The second kappa shape index (κ2) is 6.76. The summed E-state index contributed by atoms with van der Waals surface area (Å²) in [5.41, 5.74) is 6.19. The Morgan fingerprint density at radius 2 is 2.00 bits per heavy atom. The van der Waals surface area contributed by atoms with E-state index in [1.54, 1.807) is 0 Å². The number of amides is 1. The molecule has 0 spiro atoms. The number of benzene rings is 1. The highest BCUT2D eigenvalue weighted by molar-refractivity contribution is 7.89. The second-order valence-electron chi connectivity index (χ2n) is 5.74. The van der Waals surface area contributed by atoms with Crippen molar-refractivity contribution in [3.63, 3.8) is 0 Å². The van der Waals surface area contributed by atoms with Crippen LogP contribution < -0.4 is 11.1 Å². The quantitative estimate of drug-likeness (QED) is 0.856. The molecule has 0 saturated carbocycles. The van der Waals surface area contributed by atoms with Crippen molar-refractivity contribution in [3.05, 3.63) is 29.8 Å². The summed E-state index contributed by atoms with van der Waals surface area (Å²) >= 11 is 0. The van der Waals surface area contributed by atoms with Crippen LogP contribution in [-0.2, 0) is 10.0 Å². The molecule has 1 aromatic rings. The number of carbonyl (C=O) groups excluding carboxylic acids is 1. The molecule has 1 aliphatic rings. The maximum Gasteiger partial charge on any atom is 0.251 e. The summed E-state index contributed by atoms with van der Waals surface area (Å²) in [6.07, 6.45) is 1.62. The Morgan fingerprint density at radius 3 is 2.55 bits per heavy atom. The number of hydrogen-bond donors (Lipinski definition) is 2. The van der Waals surface area contributed by atoms with E-state index in [1.807, 2.05) is 0 Å². The van der Waals surface area contributed by atoms with Gasteiger partial charge in [0.1, 0.15) is 0 Å². The van der Waals surface area contributed by atoms with Crippen molar-refractivity contribution < 1.29 is 13.2 Å². The zero-order valence-electron chi connectivity index (χ0n) is 13.0. The summed E-state index contributed by atoms with van der Waals surface area (Å²) in [7, 11) is -2.04. The van der Waals surface area contributed by atoms with Crippen LogP contribution in [-0.4, -0.2) is 44.8 Å². The lowest BCUT2D eigenvalue weighted by molar-refractivity contribution is 0.0963. The molecule has 122 valence electrons. The molecule has 0 radical (unpaired) electrons. The highest BCUT2D eigenvalue weighted by atomic mass is 32.2. The van der Waals surface area contributed by atoms with Crippen molar-refractivity contribution in [2.75, 3.05) is 20.1 Å². The fraction of sp³-hybridized carbons (Fsp3) is 0.533. The van der Waals surface area contributed by atoms with Gasteiger partial charge in [-0.05, 0) is 43.0 Å².